The second-order valence-electron chi connectivity index (χ2n) is 7.06. The van der Waals surface area contributed by atoms with E-state index >= 15 is 0 Å². The fourth-order valence-corrected chi connectivity index (χ4v) is 2.83. The highest BCUT2D eigenvalue weighted by atomic mass is 19.1. The van der Waals surface area contributed by atoms with Crippen molar-refractivity contribution in [1.29, 1.82) is 0 Å². The summed E-state index contributed by atoms with van der Waals surface area (Å²) in [6, 6.07) is 9.28. The fraction of sp³-hybridized carbons (Fsp3) is 0.350. The molecule has 3 rings (SSSR count). The zero-order valence-corrected chi connectivity index (χ0v) is 14.8. The Morgan fingerprint density at radius 3 is 2.40 bits per heavy atom. The van der Waals surface area contributed by atoms with Crippen LogP contribution in [0.25, 0.3) is 0 Å². The summed E-state index contributed by atoms with van der Waals surface area (Å²) in [4.78, 5) is 4.39. The van der Waals surface area contributed by atoms with Gasteiger partial charge in [-0.05, 0) is 29.2 Å². The molecule has 0 amide bonds. The van der Waals surface area contributed by atoms with Crippen LogP contribution in [0.2, 0.25) is 0 Å². The van der Waals surface area contributed by atoms with Crippen LogP contribution in [0.5, 0.6) is 5.75 Å². The maximum absolute atomic E-state index is 13.9. The summed E-state index contributed by atoms with van der Waals surface area (Å²) in [7, 11) is 1.60. The molecule has 2 aromatic carbocycles. The monoisotopic (exact) mass is 345 g/mol. The molecule has 25 heavy (non-hydrogen) atoms. The van der Waals surface area contributed by atoms with Crippen molar-refractivity contribution in [2.24, 2.45) is 4.99 Å². The molecular formula is C20H21F2NO2. The molecule has 0 N–H and O–H groups in total. The molecule has 3 nitrogen and oxygen atoms in total. The highest BCUT2D eigenvalue weighted by molar-refractivity contribution is 5.95. The maximum Gasteiger partial charge on any atom is 0.222 e. The number of hydrogen-bond acceptors (Lipinski definition) is 3. The Kier molecular flexibility index (Phi) is 4.50. The molecule has 2 aromatic rings. The Morgan fingerprint density at radius 2 is 1.80 bits per heavy atom. The van der Waals surface area contributed by atoms with Crippen molar-refractivity contribution in [2.45, 2.75) is 32.2 Å². The van der Waals surface area contributed by atoms with Gasteiger partial charge >= 0.3 is 0 Å². The number of ether oxygens (including phenoxy) is 2. The van der Waals surface area contributed by atoms with Crippen LogP contribution < -0.4 is 4.74 Å². The molecule has 1 atom stereocenters. The fourth-order valence-electron chi connectivity index (χ4n) is 2.83. The molecule has 1 aliphatic rings. The third-order valence-corrected chi connectivity index (χ3v) is 4.29. The first kappa shape index (κ1) is 17.4. The van der Waals surface area contributed by atoms with Gasteiger partial charge < -0.3 is 9.47 Å². The highest BCUT2D eigenvalue weighted by Gasteiger charge is 2.28. The van der Waals surface area contributed by atoms with Crippen molar-refractivity contribution in [2.75, 3.05) is 13.7 Å². The Morgan fingerprint density at radius 1 is 1.12 bits per heavy atom. The van der Waals surface area contributed by atoms with Crippen LogP contribution in [0.1, 0.15) is 43.5 Å². The average Bonchev–Trinajstić information content (AvgIpc) is 3.02. The Bertz CT molecular complexity index is 805. The van der Waals surface area contributed by atoms with E-state index in [9.17, 15) is 8.78 Å². The minimum absolute atomic E-state index is 0.0112. The van der Waals surface area contributed by atoms with E-state index in [-0.39, 0.29) is 29.5 Å². The second-order valence-corrected chi connectivity index (χ2v) is 7.06. The molecular weight excluding hydrogens is 324 g/mol. The largest absolute Gasteiger partial charge is 0.496 e. The van der Waals surface area contributed by atoms with Crippen molar-refractivity contribution < 1.29 is 18.3 Å². The van der Waals surface area contributed by atoms with E-state index in [4.69, 9.17) is 9.47 Å². The molecule has 0 radical (unpaired) electrons. The summed E-state index contributed by atoms with van der Waals surface area (Å²) < 4.78 is 38.9. The first-order chi connectivity index (χ1) is 11.8. The predicted molar refractivity (Wildman–Crippen MR) is 93.3 cm³/mol. The first-order valence-corrected chi connectivity index (χ1v) is 8.14. The third-order valence-electron chi connectivity index (χ3n) is 4.29. The van der Waals surface area contributed by atoms with E-state index in [1.165, 1.54) is 18.2 Å². The topological polar surface area (TPSA) is 30.8 Å². The van der Waals surface area contributed by atoms with Crippen molar-refractivity contribution in [1.82, 2.24) is 0 Å². The summed E-state index contributed by atoms with van der Waals surface area (Å²) in [5.41, 5.74) is 1.73. The van der Waals surface area contributed by atoms with E-state index in [2.05, 4.69) is 25.8 Å². The maximum atomic E-state index is 13.9. The Hall–Kier alpha value is -2.43. The molecule has 1 heterocycles. The van der Waals surface area contributed by atoms with Gasteiger partial charge in [0.25, 0.3) is 0 Å². The summed E-state index contributed by atoms with van der Waals surface area (Å²) in [5.74, 6) is -0.688. The lowest BCUT2D eigenvalue weighted by Gasteiger charge is -2.21. The van der Waals surface area contributed by atoms with Crippen LogP contribution >= 0.6 is 0 Å². The van der Waals surface area contributed by atoms with Crippen LogP contribution in [-0.4, -0.2) is 19.6 Å². The molecule has 1 unspecified atom stereocenters. The van der Waals surface area contributed by atoms with Crippen LogP contribution in [0, 0.1) is 11.6 Å². The van der Waals surface area contributed by atoms with E-state index in [1.807, 2.05) is 18.2 Å². The average molecular weight is 345 g/mol. The number of rotatable bonds is 3. The lowest BCUT2D eigenvalue weighted by Crippen LogP contribution is -2.12. The highest BCUT2D eigenvalue weighted by Crippen LogP contribution is 2.35. The van der Waals surface area contributed by atoms with Gasteiger partial charge in [-0.15, -0.1) is 0 Å². The van der Waals surface area contributed by atoms with Gasteiger partial charge in [0.15, 0.2) is 0 Å². The SMILES string of the molecule is COc1cc(C(C)(C)C)ccc1C1COC(c2c(F)cccc2F)=N1. The molecule has 0 aliphatic carbocycles. The van der Waals surface area contributed by atoms with Gasteiger partial charge in [-0.3, -0.25) is 0 Å². The number of nitrogens with zero attached hydrogens (tertiary/aromatic N) is 1. The van der Waals surface area contributed by atoms with Gasteiger partial charge in [-0.2, -0.15) is 0 Å². The minimum Gasteiger partial charge on any atom is -0.496 e. The number of hydrogen-bond donors (Lipinski definition) is 0. The smallest absolute Gasteiger partial charge is 0.222 e. The van der Waals surface area contributed by atoms with Crippen LogP contribution in [0.4, 0.5) is 8.78 Å². The van der Waals surface area contributed by atoms with Gasteiger partial charge in [0.2, 0.25) is 5.90 Å². The number of halogens is 2. The zero-order valence-electron chi connectivity index (χ0n) is 14.8. The molecule has 0 bridgehead atoms. The molecule has 0 spiro atoms. The molecule has 0 saturated carbocycles. The number of benzene rings is 2. The minimum atomic E-state index is -0.686. The van der Waals surface area contributed by atoms with Crippen LogP contribution in [-0.2, 0) is 10.2 Å². The van der Waals surface area contributed by atoms with Crippen molar-refractivity contribution in [3.05, 3.63) is 64.7 Å². The number of aliphatic imine (C=N–C) groups is 1. The zero-order chi connectivity index (χ0) is 18.2. The normalized spacial score (nSPS) is 17.2. The van der Waals surface area contributed by atoms with E-state index in [0.717, 1.165) is 11.1 Å². The molecule has 0 aromatic heterocycles. The Labute approximate surface area is 146 Å². The molecule has 1 aliphatic heterocycles. The van der Waals surface area contributed by atoms with Crippen LogP contribution in [0.15, 0.2) is 41.4 Å². The van der Waals surface area contributed by atoms with Crippen molar-refractivity contribution >= 4 is 5.90 Å². The van der Waals surface area contributed by atoms with E-state index in [1.54, 1.807) is 7.11 Å². The molecule has 5 heteroatoms. The molecule has 132 valence electrons. The van der Waals surface area contributed by atoms with Gasteiger partial charge in [0.1, 0.15) is 35.6 Å². The van der Waals surface area contributed by atoms with Crippen molar-refractivity contribution in [3.8, 4) is 5.75 Å². The first-order valence-electron chi connectivity index (χ1n) is 8.14. The third kappa shape index (κ3) is 3.36. The second kappa shape index (κ2) is 6.47. The summed E-state index contributed by atoms with van der Waals surface area (Å²) >= 11 is 0. The predicted octanol–water partition coefficient (Wildman–Crippen LogP) is 4.79. The van der Waals surface area contributed by atoms with E-state index in [0.29, 0.717) is 5.75 Å². The lowest BCUT2D eigenvalue weighted by atomic mass is 9.86. The summed E-state index contributed by atoms with van der Waals surface area (Å²) in [6.45, 7) is 6.58. The Balaban J connectivity index is 1.97. The van der Waals surface area contributed by atoms with Crippen molar-refractivity contribution in [3.63, 3.8) is 0 Å². The molecule has 0 fully saturated rings. The van der Waals surface area contributed by atoms with Crippen LogP contribution in [0.3, 0.4) is 0 Å². The standard InChI is InChI=1S/C20H21F2NO2/c1-20(2,3)12-8-9-13(17(10-12)24-4)16-11-25-19(23-16)18-14(21)6-5-7-15(18)22/h5-10,16H,11H2,1-4H3. The van der Waals surface area contributed by atoms with Gasteiger partial charge in [-0.25, -0.2) is 13.8 Å². The van der Waals surface area contributed by atoms with Gasteiger partial charge in [-0.1, -0.05) is 39.0 Å². The van der Waals surface area contributed by atoms with Gasteiger partial charge in [0.05, 0.1) is 7.11 Å². The lowest BCUT2D eigenvalue weighted by molar-refractivity contribution is 0.313. The van der Waals surface area contributed by atoms with E-state index < -0.39 is 11.6 Å². The molecule has 0 saturated heterocycles. The van der Waals surface area contributed by atoms with Gasteiger partial charge in [0, 0.05) is 5.56 Å². The number of methoxy groups -OCH3 is 1. The summed E-state index contributed by atoms with van der Waals surface area (Å²) in [5, 5.41) is 0. The summed E-state index contributed by atoms with van der Waals surface area (Å²) in [6.07, 6.45) is 0. The quantitative estimate of drug-likeness (QED) is 0.801.